The molecule has 1 aliphatic rings. The lowest BCUT2D eigenvalue weighted by Crippen LogP contribution is -2.29. The summed E-state index contributed by atoms with van der Waals surface area (Å²) in [5.74, 6) is 0.587. The summed E-state index contributed by atoms with van der Waals surface area (Å²) in [6.07, 6.45) is 5.40. The van der Waals surface area contributed by atoms with Crippen molar-refractivity contribution in [3.05, 3.63) is 53.9 Å². The van der Waals surface area contributed by atoms with E-state index in [0.29, 0.717) is 12.0 Å². The molecule has 2 atom stereocenters. The van der Waals surface area contributed by atoms with E-state index in [1.165, 1.54) is 17.7 Å². The Hall–Kier alpha value is -1.61. The SMILES string of the molecule is CCCn1nccc1C1CCNC1Cc1ccccc1. The topological polar surface area (TPSA) is 29.9 Å². The van der Waals surface area contributed by atoms with Crippen LogP contribution in [0.2, 0.25) is 0 Å². The van der Waals surface area contributed by atoms with Crippen LogP contribution in [-0.2, 0) is 13.0 Å². The summed E-state index contributed by atoms with van der Waals surface area (Å²) < 4.78 is 2.19. The smallest absolute Gasteiger partial charge is 0.0492 e. The van der Waals surface area contributed by atoms with E-state index in [1.807, 2.05) is 6.20 Å². The van der Waals surface area contributed by atoms with Gasteiger partial charge in [-0.25, -0.2) is 0 Å². The van der Waals surface area contributed by atoms with Crippen molar-refractivity contribution in [3.63, 3.8) is 0 Å². The molecule has 3 rings (SSSR count). The predicted molar refractivity (Wildman–Crippen MR) is 81.8 cm³/mol. The van der Waals surface area contributed by atoms with E-state index in [2.05, 4.69) is 58.4 Å². The Balaban J connectivity index is 1.76. The predicted octanol–water partition coefficient (Wildman–Crippen LogP) is 2.98. The molecule has 0 aliphatic carbocycles. The first-order chi connectivity index (χ1) is 9.88. The number of nitrogens with one attached hydrogen (secondary N) is 1. The van der Waals surface area contributed by atoms with Crippen molar-refractivity contribution in [2.45, 2.75) is 44.7 Å². The van der Waals surface area contributed by atoms with E-state index in [1.54, 1.807) is 0 Å². The molecule has 1 saturated heterocycles. The molecule has 0 radical (unpaired) electrons. The minimum absolute atomic E-state index is 0.532. The Kier molecular flexibility index (Phi) is 4.16. The molecule has 2 unspecified atom stereocenters. The van der Waals surface area contributed by atoms with Gasteiger partial charge in [0.15, 0.2) is 0 Å². The molecule has 0 spiro atoms. The molecule has 1 aliphatic heterocycles. The number of nitrogens with zero attached hydrogens (tertiary/aromatic N) is 2. The van der Waals surface area contributed by atoms with Crippen molar-refractivity contribution in [1.82, 2.24) is 15.1 Å². The third-order valence-corrected chi connectivity index (χ3v) is 4.21. The maximum absolute atomic E-state index is 4.48. The van der Waals surface area contributed by atoms with Crippen LogP contribution in [0.5, 0.6) is 0 Å². The molecule has 0 saturated carbocycles. The fraction of sp³-hybridized carbons (Fsp3) is 0.471. The van der Waals surface area contributed by atoms with Gasteiger partial charge < -0.3 is 5.32 Å². The monoisotopic (exact) mass is 269 g/mol. The average Bonchev–Trinajstić information content (AvgIpc) is 3.09. The molecule has 1 aromatic carbocycles. The second kappa shape index (κ2) is 6.23. The molecule has 2 heterocycles. The van der Waals surface area contributed by atoms with Crippen LogP contribution in [0, 0.1) is 0 Å². The quantitative estimate of drug-likeness (QED) is 0.904. The summed E-state index contributed by atoms with van der Waals surface area (Å²) in [6.45, 7) is 4.34. The van der Waals surface area contributed by atoms with Gasteiger partial charge in [0, 0.05) is 30.4 Å². The lowest BCUT2D eigenvalue weighted by Gasteiger charge is -2.21. The highest BCUT2D eigenvalue weighted by Crippen LogP contribution is 2.29. The van der Waals surface area contributed by atoms with E-state index < -0.39 is 0 Å². The third-order valence-electron chi connectivity index (χ3n) is 4.21. The van der Waals surface area contributed by atoms with Crippen LogP contribution < -0.4 is 5.32 Å². The molecule has 3 heteroatoms. The molecule has 1 N–H and O–H groups in total. The summed E-state index contributed by atoms with van der Waals surface area (Å²) >= 11 is 0. The molecule has 2 aromatic rings. The maximum Gasteiger partial charge on any atom is 0.0492 e. The first-order valence-electron chi connectivity index (χ1n) is 7.67. The second-order valence-electron chi connectivity index (χ2n) is 5.62. The van der Waals surface area contributed by atoms with E-state index >= 15 is 0 Å². The minimum Gasteiger partial charge on any atom is -0.313 e. The summed E-state index contributed by atoms with van der Waals surface area (Å²) in [6, 6.07) is 13.5. The Morgan fingerprint density at radius 2 is 2.10 bits per heavy atom. The van der Waals surface area contributed by atoms with Gasteiger partial charge in [0.1, 0.15) is 0 Å². The van der Waals surface area contributed by atoms with Crippen molar-refractivity contribution in [2.75, 3.05) is 6.54 Å². The van der Waals surface area contributed by atoms with Crippen LogP contribution in [0.15, 0.2) is 42.6 Å². The highest BCUT2D eigenvalue weighted by Gasteiger charge is 2.30. The van der Waals surface area contributed by atoms with Gasteiger partial charge in [-0.15, -0.1) is 0 Å². The Morgan fingerprint density at radius 1 is 1.25 bits per heavy atom. The summed E-state index contributed by atoms with van der Waals surface area (Å²) in [4.78, 5) is 0. The average molecular weight is 269 g/mol. The van der Waals surface area contributed by atoms with Crippen molar-refractivity contribution in [2.24, 2.45) is 0 Å². The fourth-order valence-corrected chi connectivity index (χ4v) is 3.26. The van der Waals surface area contributed by atoms with Crippen LogP contribution in [0.1, 0.15) is 36.9 Å². The first kappa shape index (κ1) is 13.4. The Morgan fingerprint density at radius 3 is 2.90 bits per heavy atom. The largest absolute Gasteiger partial charge is 0.313 e. The fourth-order valence-electron chi connectivity index (χ4n) is 3.26. The molecule has 1 aromatic heterocycles. The minimum atomic E-state index is 0.532. The Bertz CT molecular complexity index is 532. The zero-order chi connectivity index (χ0) is 13.8. The molecule has 106 valence electrons. The van der Waals surface area contributed by atoms with Crippen LogP contribution in [0.25, 0.3) is 0 Å². The van der Waals surface area contributed by atoms with Crippen molar-refractivity contribution in [3.8, 4) is 0 Å². The van der Waals surface area contributed by atoms with Gasteiger partial charge >= 0.3 is 0 Å². The van der Waals surface area contributed by atoms with Gasteiger partial charge in [0.05, 0.1) is 0 Å². The molecule has 1 fully saturated rings. The third kappa shape index (κ3) is 2.78. The van der Waals surface area contributed by atoms with Gasteiger partial charge in [-0.2, -0.15) is 5.10 Å². The van der Waals surface area contributed by atoms with E-state index in [-0.39, 0.29) is 0 Å². The number of aromatic nitrogens is 2. The zero-order valence-electron chi connectivity index (χ0n) is 12.1. The van der Waals surface area contributed by atoms with Gasteiger partial charge in [0.2, 0.25) is 0 Å². The van der Waals surface area contributed by atoms with Crippen molar-refractivity contribution in [1.29, 1.82) is 0 Å². The number of hydrogen-bond acceptors (Lipinski definition) is 2. The maximum atomic E-state index is 4.48. The number of hydrogen-bond donors (Lipinski definition) is 1. The highest BCUT2D eigenvalue weighted by molar-refractivity contribution is 5.20. The van der Waals surface area contributed by atoms with Crippen LogP contribution in [0.3, 0.4) is 0 Å². The summed E-state index contributed by atoms with van der Waals surface area (Å²) in [5.41, 5.74) is 2.82. The molecule has 20 heavy (non-hydrogen) atoms. The zero-order valence-corrected chi connectivity index (χ0v) is 12.1. The van der Waals surface area contributed by atoms with Gasteiger partial charge in [0.25, 0.3) is 0 Å². The molecule has 3 nitrogen and oxygen atoms in total. The van der Waals surface area contributed by atoms with Gasteiger partial charge in [-0.05, 0) is 37.4 Å². The number of aryl methyl sites for hydroxylation is 1. The summed E-state index contributed by atoms with van der Waals surface area (Å²) in [5, 5.41) is 8.15. The molecule has 0 amide bonds. The number of benzene rings is 1. The van der Waals surface area contributed by atoms with E-state index in [4.69, 9.17) is 0 Å². The van der Waals surface area contributed by atoms with Crippen LogP contribution in [-0.4, -0.2) is 22.4 Å². The van der Waals surface area contributed by atoms with E-state index in [9.17, 15) is 0 Å². The highest BCUT2D eigenvalue weighted by atomic mass is 15.3. The first-order valence-corrected chi connectivity index (χ1v) is 7.67. The second-order valence-corrected chi connectivity index (χ2v) is 5.62. The van der Waals surface area contributed by atoms with Crippen LogP contribution in [0.4, 0.5) is 0 Å². The van der Waals surface area contributed by atoms with Gasteiger partial charge in [-0.1, -0.05) is 37.3 Å². The van der Waals surface area contributed by atoms with Gasteiger partial charge in [-0.3, -0.25) is 4.68 Å². The molecular weight excluding hydrogens is 246 g/mol. The van der Waals surface area contributed by atoms with Crippen LogP contribution >= 0.6 is 0 Å². The Labute approximate surface area is 121 Å². The standard InChI is InChI=1S/C17H23N3/c1-2-12-20-17(9-11-19-20)15-8-10-18-16(15)13-14-6-4-3-5-7-14/h3-7,9,11,15-16,18H,2,8,10,12-13H2,1H3. The lowest BCUT2D eigenvalue weighted by atomic mass is 9.92. The van der Waals surface area contributed by atoms with E-state index in [0.717, 1.165) is 25.9 Å². The molecular formula is C17H23N3. The summed E-state index contributed by atoms with van der Waals surface area (Å²) in [7, 11) is 0. The molecule has 0 bridgehead atoms. The van der Waals surface area contributed by atoms with Crippen molar-refractivity contribution < 1.29 is 0 Å². The van der Waals surface area contributed by atoms with Crippen molar-refractivity contribution >= 4 is 0 Å². The normalized spacial score (nSPS) is 22.2. The lowest BCUT2D eigenvalue weighted by molar-refractivity contribution is 0.486. The number of rotatable bonds is 5.